The van der Waals surface area contributed by atoms with E-state index in [0.717, 1.165) is 36.8 Å². The molecule has 0 spiro atoms. The minimum absolute atomic E-state index is 0.00121. The van der Waals surface area contributed by atoms with Crippen LogP contribution in [-0.2, 0) is 43.3 Å². The van der Waals surface area contributed by atoms with E-state index in [1.807, 2.05) is 18.2 Å². The number of esters is 2. The van der Waals surface area contributed by atoms with Crippen molar-refractivity contribution in [2.24, 2.45) is 0 Å². The maximum atomic E-state index is 14.9. The summed E-state index contributed by atoms with van der Waals surface area (Å²) in [6.07, 6.45) is 5.46. The lowest BCUT2D eigenvalue weighted by Gasteiger charge is -2.22. The second-order valence-corrected chi connectivity index (χ2v) is 12.9. The van der Waals surface area contributed by atoms with Gasteiger partial charge in [-0.05, 0) is 98.5 Å². The summed E-state index contributed by atoms with van der Waals surface area (Å²) in [5.74, 6) is -0.914. The van der Waals surface area contributed by atoms with E-state index in [-0.39, 0.29) is 48.2 Å². The van der Waals surface area contributed by atoms with Crippen LogP contribution in [0.3, 0.4) is 0 Å². The third-order valence-corrected chi connectivity index (χ3v) is 8.75. The third-order valence-electron chi connectivity index (χ3n) is 8.75. The molecule has 0 aliphatic heterocycles. The normalized spacial score (nSPS) is 11.0. The van der Waals surface area contributed by atoms with Crippen LogP contribution in [0.25, 0.3) is 11.1 Å². The van der Waals surface area contributed by atoms with E-state index < -0.39 is 18.3 Å². The van der Waals surface area contributed by atoms with Crippen LogP contribution in [0.5, 0.6) is 11.5 Å². The van der Waals surface area contributed by atoms with Gasteiger partial charge in [0.15, 0.2) is 0 Å². The lowest BCUT2D eigenvalue weighted by Crippen LogP contribution is -2.32. The number of hydrogen-bond acceptors (Lipinski definition) is 8. The van der Waals surface area contributed by atoms with Gasteiger partial charge in [-0.2, -0.15) is 8.78 Å². The molecule has 0 bridgehead atoms. The van der Waals surface area contributed by atoms with Crippen LogP contribution in [-0.4, -0.2) is 55.9 Å². The van der Waals surface area contributed by atoms with Crippen LogP contribution in [0.1, 0.15) is 85.8 Å². The summed E-state index contributed by atoms with van der Waals surface area (Å²) in [4.78, 5) is 42.2. The molecule has 0 saturated carbocycles. The molecule has 0 fully saturated rings. The van der Waals surface area contributed by atoms with Crippen molar-refractivity contribution in [2.45, 2.75) is 84.8 Å². The summed E-state index contributed by atoms with van der Waals surface area (Å²) in [5.41, 5.74) is 3.18. The number of rotatable bonds is 24. The van der Waals surface area contributed by atoms with Gasteiger partial charge in [-0.15, -0.1) is 0 Å². The first-order chi connectivity index (χ1) is 27.2. The fraction of sp³-hybridized carbons (Fsp3) is 0.386. The quantitative estimate of drug-likeness (QED) is 0.0394. The Morgan fingerprint density at radius 2 is 1.39 bits per heavy atom. The number of alkyl halides is 2. The van der Waals surface area contributed by atoms with Crippen molar-refractivity contribution >= 4 is 17.8 Å². The number of halogens is 3. The zero-order valence-electron chi connectivity index (χ0n) is 32.0. The van der Waals surface area contributed by atoms with Crippen LogP contribution < -0.4 is 9.47 Å². The Kier molecular flexibility index (Phi) is 18.2. The minimum atomic E-state index is -3.24. The number of nitrogens with zero attached hydrogens (tertiary/aromatic N) is 1. The van der Waals surface area contributed by atoms with Gasteiger partial charge < -0.3 is 18.9 Å². The molecule has 0 saturated heterocycles. The van der Waals surface area contributed by atoms with E-state index >= 15 is 0 Å². The maximum Gasteiger partial charge on any atom is 0.365 e. The van der Waals surface area contributed by atoms with E-state index in [1.54, 1.807) is 68.4 Å². The molecule has 9 nitrogen and oxygen atoms in total. The lowest BCUT2D eigenvalue weighted by molar-refractivity contribution is -0.261. The van der Waals surface area contributed by atoms with Gasteiger partial charge in [0.05, 0.1) is 33.0 Å². The molecule has 0 aromatic heterocycles. The van der Waals surface area contributed by atoms with Gasteiger partial charge in [0, 0.05) is 24.0 Å². The fourth-order valence-corrected chi connectivity index (χ4v) is 6.12. The van der Waals surface area contributed by atoms with Gasteiger partial charge >= 0.3 is 18.6 Å². The fourth-order valence-electron chi connectivity index (χ4n) is 6.12. The van der Waals surface area contributed by atoms with Crippen molar-refractivity contribution in [3.05, 3.63) is 119 Å². The van der Waals surface area contributed by atoms with Gasteiger partial charge in [0.1, 0.15) is 17.3 Å². The highest BCUT2D eigenvalue weighted by Crippen LogP contribution is 2.30. The SMILES string of the molecule is CCOC(=O)CCCOc1cccc(CCCCCCOc2cc(C(=O)N(Cc3ccccc3)OC(F)F)cc(-c3ccccc3F)c2)c1CCC(=O)OCC. The molecule has 56 heavy (non-hydrogen) atoms. The van der Waals surface area contributed by atoms with Gasteiger partial charge in [-0.3, -0.25) is 14.4 Å². The molecule has 0 aliphatic rings. The zero-order chi connectivity index (χ0) is 40.1. The Labute approximate surface area is 326 Å². The average Bonchev–Trinajstić information content (AvgIpc) is 3.18. The molecule has 0 heterocycles. The number of hydrogen-bond donors (Lipinski definition) is 0. The first-order valence-corrected chi connectivity index (χ1v) is 19.1. The Morgan fingerprint density at radius 3 is 2.12 bits per heavy atom. The van der Waals surface area contributed by atoms with Crippen LogP contribution >= 0.6 is 0 Å². The molecular formula is C44H50F3NO8. The second kappa shape index (κ2) is 23.5. The number of amides is 1. The topological polar surface area (TPSA) is 101 Å². The van der Waals surface area contributed by atoms with E-state index in [4.69, 9.17) is 18.9 Å². The van der Waals surface area contributed by atoms with Crippen LogP contribution in [0, 0.1) is 5.82 Å². The molecule has 0 N–H and O–H groups in total. The molecular weight excluding hydrogens is 727 g/mol. The van der Waals surface area contributed by atoms with Gasteiger partial charge in [-0.1, -0.05) is 73.5 Å². The number of carbonyl (C=O) groups is 3. The highest BCUT2D eigenvalue weighted by molar-refractivity contribution is 5.95. The predicted octanol–water partition coefficient (Wildman–Crippen LogP) is 9.69. The first-order valence-electron chi connectivity index (χ1n) is 19.1. The maximum absolute atomic E-state index is 14.9. The average molecular weight is 778 g/mol. The standard InChI is InChI=1S/C44H50F3NO8/c1-3-52-41(49)23-15-27-55-40-22-14-19-33(38(40)24-25-42(50)53-4-2)18-10-5-6-13-26-54-36-29-34(37-20-11-12-21-39(37)45)28-35(30-36)43(51)48(56-44(46)47)31-32-16-8-7-9-17-32/h7-9,11-12,14,16-17,19-22,28-30,44H,3-6,10,13,15,18,23-27,31H2,1-2H3. The zero-order valence-corrected chi connectivity index (χ0v) is 32.0. The summed E-state index contributed by atoms with van der Waals surface area (Å²) in [7, 11) is 0. The molecule has 4 rings (SSSR count). The summed E-state index contributed by atoms with van der Waals surface area (Å²) >= 11 is 0. The van der Waals surface area contributed by atoms with Crippen LogP contribution in [0.15, 0.2) is 91.0 Å². The van der Waals surface area contributed by atoms with Gasteiger partial charge in [-0.25, -0.2) is 14.3 Å². The molecule has 12 heteroatoms. The Hall–Kier alpha value is -5.36. The number of carbonyl (C=O) groups excluding carboxylic acids is 3. The third kappa shape index (κ3) is 14.4. The van der Waals surface area contributed by atoms with Crippen molar-refractivity contribution in [1.29, 1.82) is 0 Å². The van der Waals surface area contributed by atoms with E-state index in [2.05, 4.69) is 4.84 Å². The molecule has 1 amide bonds. The summed E-state index contributed by atoms with van der Waals surface area (Å²) < 4.78 is 64.0. The summed E-state index contributed by atoms with van der Waals surface area (Å²) in [5, 5.41) is 0.598. The summed E-state index contributed by atoms with van der Waals surface area (Å²) in [6, 6.07) is 25.0. The van der Waals surface area contributed by atoms with E-state index in [9.17, 15) is 27.6 Å². The Bertz CT molecular complexity index is 1840. The van der Waals surface area contributed by atoms with Crippen molar-refractivity contribution in [3.63, 3.8) is 0 Å². The van der Waals surface area contributed by atoms with Crippen molar-refractivity contribution in [2.75, 3.05) is 26.4 Å². The summed E-state index contributed by atoms with van der Waals surface area (Å²) in [6.45, 7) is 1.34. The first kappa shape index (κ1) is 43.4. The predicted molar refractivity (Wildman–Crippen MR) is 206 cm³/mol. The molecule has 0 unspecified atom stereocenters. The Balaban J connectivity index is 1.38. The van der Waals surface area contributed by atoms with Crippen LogP contribution in [0.4, 0.5) is 13.2 Å². The van der Waals surface area contributed by atoms with E-state index in [1.165, 1.54) is 18.2 Å². The number of benzene rings is 4. The number of aryl methyl sites for hydroxylation is 1. The molecule has 300 valence electrons. The second-order valence-electron chi connectivity index (χ2n) is 12.9. The van der Waals surface area contributed by atoms with E-state index in [0.29, 0.717) is 67.6 Å². The minimum Gasteiger partial charge on any atom is -0.494 e. The Morgan fingerprint density at radius 1 is 0.696 bits per heavy atom. The van der Waals surface area contributed by atoms with Crippen molar-refractivity contribution in [3.8, 4) is 22.6 Å². The molecule has 0 radical (unpaired) electrons. The molecule has 0 aliphatic carbocycles. The van der Waals surface area contributed by atoms with Gasteiger partial charge in [0.25, 0.3) is 5.91 Å². The van der Waals surface area contributed by atoms with Crippen LogP contribution in [0.2, 0.25) is 0 Å². The molecule has 4 aromatic carbocycles. The largest absolute Gasteiger partial charge is 0.494 e. The number of hydroxylamine groups is 2. The highest BCUT2D eigenvalue weighted by atomic mass is 19.3. The van der Waals surface area contributed by atoms with Gasteiger partial charge in [0.2, 0.25) is 0 Å². The molecule has 0 atom stereocenters. The smallest absolute Gasteiger partial charge is 0.365 e. The lowest BCUT2D eigenvalue weighted by atomic mass is 9.96. The van der Waals surface area contributed by atoms with Crippen molar-refractivity contribution < 1.29 is 51.3 Å². The number of ether oxygens (including phenoxy) is 4. The number of unbranched alkanes of at least 4 members (excludes halogenated alkanes) is 3. The monoisotopic (exact) mass is 777 g/mol. The van der Waals surface area contributed by atoms with Crippen molar-refractivity contribution in [1.82, 2.24) is 5.06 Å². The molecule has 4 aromatic rings. The highest BCUT2D eigenvalue weighted by Gasteiger charge is 2.23.